The highest BCUT2D eigenvalue weighted by molar-refractivity contribution is 8.01. The Labute approximate surface area is 188 Å². The Balaban J connectivity index is 1.22. The number of nitrogens with zero attached hydrogens (tertiary/aromatic N) is 4. The molecule has 4 rings (SSSR count). The first-order chi connectivity index (χ1) is 15.1. The lowest BCUT2D eigenvalue weighted by molar-refractivity contribution is -0.129. The van der Waals surface area contributed by atoms with Crippen molar-refractivity contribution >= 4 is 45.7 Å². The van der Waals surface area contributed by atoms with Crippen LogP contribution in [-0.2, 0) is 11.2 Å². The van der Waals surface area contributed by atoms with Gasteiger partial charge < -0.3 is 19.5 Å². The minimum atomic E-state index is -0.135. The summed E-state index contributed by atoms with van der Waals surface area (Å²) >= 11 is 2.81. The molecule has 10 heteroatoms. The lowest BCUT2D eigenvalue weighted by Crippen LogP contribution is -2.51. The van der Waals surface area contributed by atoms with Crippen LogP contribution in [0, 0.1) is 0 Å². The van der Waals surface area contributed by atoms with E-state index in [9.17, 15) is 9.59 Å². The number of nitrogens with one attached hydrogen (secondary N) is 1. The molecule has 0 radical (unpaired) electrons. The molecule has 0 aliphatic carbocycles. The van der Waals surface area contributed by atoms with Gasteiger partial charge in [-0.25, -0.2) is 0 Å². The maximum atomic E-state index is 12.6. The second-order valence-corrected chi connectivity index (χ2v) is 9.19. The Morgan fingerprint density at radius 3 is 2.52 bits per heavy atom. The normalized spacial score (nSPS) is 14.0. The third-order valence-electron chi connectivity index (χ3n) is 4.99. The summed E-state index contributed by atoms with van der Waals surface area (Å²) in [6.07, 6.45) is 2.49. The summed E-state index contributed by atoms with van der Waals surface area (Å²) in [6, 6.07) is 11.6. The molecule has 1 saturated heterocycles. The predicted molar refractivity (Wildman–Crippen MR) is 121 cm³/mol. The number of hydrogen-bond donors (Lipinski definition) is 1. The number of rotatable bonds is 7. The topological polar surface area (TPSA) is 91.6 Å². The molecular weight excluding hydrogens is 434 g/mol. The molecular formula is C21H23N5O3S2. The lowest BCUT2D eigenvalue weighted by Gasteiger charge is -2.34. The van der Waals surface area contributed by atoms with Crippen LogP contribution in [0.3, 0.4) is 0 Å². The minimum Gasteiger partial charge on any atom is -0.459 e. The molecule has 1 fully saturated rings. The second-order valence-electron chi connectivity index (χ2n) is 6.99. The van der Waals surface area contributed by atoms with E-state index in [-0.39, 0.29) is 11.8 Å². The van der Waals surface area contributed by atoms with E-state index in [0.717, 1.165) is 16.4 Å². The van der Waals surface area contributed by atoms with E-state index in [1.807, 2.05) is 12.1 Å². The van der Waals surface area contributed by atoms with E-state index in [1.165, 1.54) is 34.9 Å². The van der Waals surface area contributed by atoms with Gasteiger partial charge in [-0.1, -0.05) is 42.2 Å². The number of piperazine rings is 1. The molecule has 0 atom stereocenters. The molecule has 162 valence electrons. The highest BCUT2D eigenvalue weighted by atomic mass is 32.2. The van der Waals surface area contributed by atoms with E-state index in [1.54, 1.807) is 21.9 Å². The van der Waals surface area contributed by atoms with Gasteiger partial charge in [0.2, 0.25) is 11.0 Å². The predicted octanol–water partition coefficient (Wildman–Crippen LogP) is 3.51. The molecule has 1 aromatic carbocycles. The standard InChI is InChI=1S/C21H23N5O3S2/c1-2-15-5-7-16(8-6-15)22-20-23-24-21(31-20)30-14-18(27)25-9-11-26(12-10-25)19(28)17-4-3-13-29-17/h3-8,13H,2,9-12,14H2,1H3,(H,22,23). The van der Waals surface area contributed by atoms with Gasteiger partial charge in [-0.15, -0.1) is 10.2 Å². The average Bonchev–Trinajstić information content (AvgIpc) is 3.50. The van der Waals surface area contributed by atoms with Crippen molar-refractivity contribution in [2.24, 2.45) is 0 Å². The van der Waals surface area contributed by atoms with Crippen LogP contribution in [0.1, 0.15) is 23.0 Å². The van der Waals surface area contributed by atoms with Gasteiger partial charge >= 0.3 is 0 Å². The molecule has 3 aromatic rings. The molecule has 1 aliphatic rings. The molecule has 0 saturated carbocycles. The Kier molecular flexibility index (Phi) is 6.88. The van der Waals surface area contributed by atoms with Gasteiger partial charge in [0.25, 0.3) is 5.91 Å². The molecule has 1 N–H and O–H groups in total. The van der Waals surface area contributed by atoms with Crippen molar-refractivity contribution in [2.75, 3.05) is 37.2 Å². The first kappa shape index (κ1) is 21.4. The highest BCUT2D eigenvalue weighted by Gasteiger charge is 2.26. The van der Waals surface area contributed by atoms with Crippen LogP contribution in [0.2, 0.25) is 0 Å². The van der Waals surface area contributed by atoms with Gasteiger partial charge in [-0.05, 0) is 36.2 Å². The zero-order valence-electron chi connectivity index (χ0n) is 17.1. The van der Waals surface area contributed by atoms with Crippen molar-refractivity contribution in [3.8, 4) is 0 Å². The zero-order chi connectivity index (χ0) is 21.6. The third kappa shape index (κ3) is 5.45. The Morgan fingerprint density at radius 1 is 1.10 bits per heavy atom. The number of carbonyl (C=O) groups excluding carboxylic acids is 2. The van der Waals surface area contributed by atoms with Crippen LogP contribution < -0.4 is 5.32 Å². The van der Waals surface area contributed by atoms with Crippen LogP contribution in [0.15, 0.2) is 51.4 Å². The van der Waals surface area contributed by atoms with Gasteiger partial charge in [0.05, 0.1) is 12.0 Å². The number of carbonyl (C=O) groups is 2. The summed E-state index contributed by atoms with van der Waals surface area (Å²) in [4.78, 5) is 28.4. The summed E-state index contributed by atoms with van der Waals surface area (Å²) in [5.41, 5.74) is 2.24. The molecule has 0 bridgehead atoms. The summed E-state index contributed by atoms with van der Waals surface area (Å²) in [7, 11) is 0. The molecule has 2 aromatic heterocycles. The van der Waals surface area contributed by atoms with Gasteiger partial charge in [-0.2, -0.15) is 0 Å². The van der Waals surface area contributed by atoms with E-state index in [4.69, 9.17) is 4.42 Å². The van der Waals surface area contributed by atoms with E-state index in [0.29, 0.717) is 42.8 Å². The van der Waals surface area contributed by atoms with Crippen LogP contribution in [0.5, 0.6) is 0 Å². The monoisotopic (exact) mass is 457 g/mol. The van der Waals surface area contributed by atoms with Crippen LogP contribution in [0.4, 0.5) is 10.8 Å². The molecule has 1 aliphatic heterocycles. The van der Waals surface area contributed by atoms with Crippen molar-refractivity contribution in [3.05, 3.63) is 54.0 Å². The second kappa shape index (κ2) is 9.97. The van der Waals surface area contributed by atoms with E-state index in [2.05, 4.69) is 34.6 Å². The number of aromatic nitrogens is 2. The lowest BCUT2D eigenvalue weighted by atomic mass is 10.1. The summed E-state index contributed by atoms with van der Waals surface area (Å²) < 4.78 is 5.91. The number of thioether (sulfide) groups is 1. The number of furan rings is 1. The quantitative estimate of drug-likeness (QED) is 0.543. The number of hydrogen-bond acceptors (Lipinski definition) is 8. The van der Waals surface area contributed by atoms with Gasteiger partial charge in [0, 0.05) is 31.9 Å². The summed E-state index contributed by atoms with van der Waals surface area (Å²) in [6.45, 7) is 4.16. The van der Waals surface area contributed by atoms with Crippen molar-refractivity contribution in [3.63, 3.8) is 0 Å². The molecule has 0 spiro atoms. The smallest absolute Gasteiger partial charge is 0.289 e. The van der Waals surface area contributed by atoms with E-state index < -0.39 is 0 Å². The van der Waals surface area contributed by atoms with Crippen LogP contribution in [0.25, 0.3) is 0 Å². The maximum absolute atomic E-state index is 12.6. The number of benzene rings is 1. The van der Waals surface area contributed by atoms with Crippen molar-refractivity contribution in [1.82, 2.24) is 20.0 Å². The first-order valence-electron chi connectivity index (χ1n) is 10.0. The molecule has 8 nitrogen and oxygen atoms in total. The number of anilines is 2. The average molecular weight is 458 g/mol. The fraction of sp³-hybridized carbons (Fsp3) is 0.333. The highest BCUT2D eigenvalue weighted by Crippen LogP contribution is 2.28. The van der Waals surface area contributed by atoms with Crippen molar-refractivity contribution in [2.45, 2.75) is 17.7 Å². The fourth-order valence-corrected chi connectivity index (χ4v) is 4.87. The fourth-order valence-electron chi connectivity index (χ4n) is 3.20. The molecule has 31 heavy (non-hydrogen) atoms. The zero-order valence-corrected chi connectivity index (χ0v) is 18.7. The van der Waals surface area contributed by atoms with Crippen LogP contribution in [-0.4, -0.2) is 63.7 Å². The van der Waals surface area contributed by atoms with Gasteiger partial charge in [0.1, 0.15) is 0 Å². The number of aryl methyl sites for hydroxylation is 1. The molecule has 3 heterocycles. The Hall–Kier alpha value is -2.85. The molecule has 2 amide bonds. The van der Waals surface area contributed by atoms with E-state index >= 15 is 0 Å². The van der Waals surface area contributed by atoms with Gasteiger partial charge in [-0.3, -0.25) is 9.59 Å². The summed E-state index contributed by atoms with van der Waals surface area (Å²) in [5.74, 6) is 0.531. The minimum absolute atomic E-state index is 0.0370. The maximum Gasteiger partial charge on any atom is 0.289 e. The Bertz CT molecular complexity index is 1010. The SMILES string of the molecule is CCc1ccc(Nc2nnc(SCC(=O)N3CCN(C(=O)c4ccco4)CC3)s2)cc1. The largest absolute Gasteiger partial charge is 0.459 e. The summed E-state index contributed by atoms with van der Waals surface area (Å²) in [5, 5.41) is 12.3. The van der Waals surface area contributed by atoms with Gasteiger partial charge in [0.15, 0.2) is 10.1 Å². The van der Waals surface area contributed by atoms with Crippen LogP contribution >= 0.6 is 23.1 Å². The van der Waals surface area contributed by atoms with Crippen molar-refractivity contribution in [1.29, 1.82) is 0 Å². The molecule has 0 unspecified atom stereocenters. The number of amides is 2. The van der Waals surface area contributed by atoms with Crippen molar-refractivity contribution < 1.29 is 14.0 Å². The third-order valence-corrected chi connectivity index (χ3v) is 6.95. The Morgan fingerprint density at radius 2 is 1.84 bits per heavy atom. The first-order valence-corrected chi connectivity index (χ1v) is 11.9.